The molecule has 166 valence electrons. The minimum atomic E-state index is -3.55. The number of hydrogen-bond acceptors (Lipinski definition) is 5. The summed E-state index contributed by atoms with van der Waals surface area (Å²) in [6.07, 6.45) is 0.285. The molecule has 9 heteroatoms. The molecule has 0 saturated carbocycles. The number of nitrogens with one attached hydrogen (secondary N) is 1. The lowest BCUT2D eigenvalue weighted by Crippen LogP contribution is -2.51. The molecule has 2 amide bonds. The molecular weight excluding hydrogens is 418 g/mol. The van der Waals surface area contributed by atoms with Gasteiger partial charge in [0, 0.05) is 38.3 Å². The smallest absolute Gasteiger partial charge is 0.253 e. The van der Waals surface area contributed by atoms with Crippen molar-refractivity contribution in [1.29, 1.82) is 0 Å². The van der Waals surface area contributed by atoms with E-state index in [0.29, 0.717) is 44.0 Å². The molecule has 0 unspecified atom stereocenters. The Morgan fingerprint density at radius 2 is 1.65 bits per heavy atom. The SMILES string of the molecule is CCNS(=O)(=O)c1ccc(C(=O)N2CCN(C(=O)Cc3cccc(OC)c3)CC2)cc1. The van der Waals surface area contributed by atoms with Crippen LogP contribution in [0.1, 0.15) is 22.8 Å². The third kappa shape index (κ3) is 5.62. The van der Waals surface area contributed by atoms with Crippen LogP contribution in [-0.4, -0.2) is 69.9 Å². The average Bonchev–Trinajstić information content (AvgIpc) is 2.79. The first-order valence-corrected chi connectivity index (χ1v) is 11.6. The van der Waals surface area contributed by atoms with Gasteiger partial charge in [-0.3, -0.25) is 9.59 Å². The Labute approximate surface area is 182 Å². The first kappa shape index (κ1) is 22.8. The fraction of sp³-hybridized carbons (Fsp3) is 0.364. The number of ether oxygens (including phenoxy) is 1. The number of rotatable bonds is 7. The number of piperazine rings is 1. The van der Waals surface area contributed by atoms with E-state index in [1.165, 1.54) is 24.3 Å². The summed E-state index contributed by atoms with van der Waals surface area (Å²) in [7, 11) is -1.96. The van der Waals surface area contributed by atoms with Crippen molar-refractivity contribution in [2.75, 3.05) is 39.8 Å². The van der Waals surface area contributed by atoms with Gasteiger partial charge in [-0.15, -0.1) is 0 Å². The Balaban J connectivity index is 1.56. The van der Waals surface area contributed by atoms with Crippen LogP contribution in [0.25, 0.3) is 0 Å². The molecule has 1 aliphatic heterocycles. The average molecular weight is 446 g/mol. The second-order valence-electron chi connectivity index (χ2n) is 7.23. The zero-order valence-corrected chi connectivity index (χ0v) is 18.5. The summed E-state index contributed by atoms with van der Waals surface area (Å²) in [6.45, 7) is 3.78. The van der Waals surface area contributed by atoms with Gasteiger partial charge in [-0.05, 0) is 42.0 Å². The number of amides is 2. The zero-order valence-electron chi connectivity index (χ0n) is 17.7. The van der Waals surface area contributed by atoms with Gasteiger partial charge in [0.2, 0.25) is 15.9 Å². The van der Waals surface area contributed by atoms with Crippen molar-refractivity contribution in [3.63, 3.8) is 0 Å². The van der Waals surface area contributed by atoms with Gasteiger partial charge in [-0.2, -0.15) is 0 Å². The predicted octanol–water partition coefficient (Wildman–Crippen LogP) is 1.52. The minimum absolute atomic E-state index is 0.0123. The van der Waals surface area contributed by atoms with Crippen LogP contribution in [-0.2, 0) is 21.2 Å². The molecule has 1 fully saturated rings. The number of carbonyl (C=O) groups is 2. The summed E-state index contributed by atoms with van der Waals surface area (Å²) in [6, 6.07) is 13.3. The first-order chi connectivity index (χ1) is 14.8. The van der Waals surface area contributed by atoms with Crippen molar-refractivity contribution in [2.45, 2.75) is 18.2 Å². The van der Waals surface area contributed by atoms with Crippen molar-refractivity contribution >= 4 is 21.8 Å². The molecule has 0 aromatic heterocycles. The Morgan fingerprint density at radius 1 is 1.00 bits per heavy atom. The third-order valence-electron chi connectivity index (χ3n) is 5.16. The molecule has 8 nitrogen and oxygen atoms in total. The van der Waals surface area contributed by atoms with Crippen LogP contribution in [0.3, 0.4) is 0 Å². The van der Waals surface area contributed by atoms with E-state index in [0.717, 1.165) is 5.56 Å². The number of hydrogen-bond donors (Lipinski definition) is 1. The van der Waals surface area contributed by atoms with E-state index < -0.39 is 10.0 Å². The molecular formula is C22H27N3O5S. The van der Waals surface area contributed by atoms with E-state index in [1.54, 1.807) is 23.8 Å². The fourth-order valence-corrected chi connectivity index (χ4v) is 4.50. The number of benzene rings is 2. The van der Waals surface area contributed by atoms with Crippen molar-refractivity contribution in [3.05, 3.63) is 59.7 Å². The quantitative estimate of drug-likeness (QED) is 0.697. The fourth-order valence-electron chi connectivity index (χ4n) is 3.46. The number of nitrogens with zero attached hydrogens (tertiary/aromatic N) is 2. The Kier molecular flexibility index (Phi) is 7.29. The number of methoxy groups -OCH3 is 1. The largest absolute Gasteiger partial charge is 0.497 e. The molecule has 0 aliphatic carbocycles. The van der Waals surface area contributed by atoms with Crippen molar-refractivity contribution in [3.8, 4) is 5.75 Å². The molecule has 1 saturated heterocycles. The van der Waals surface area contributed by atoms with Crippen LogP contribution in [0.15, 0.2) is 53.4 Å². The standard InChI is InChI=1S/C22H27N3O5S/c1-3-23-31(28,29)20-9-7-18(8-10-20)22(27)25-13-11-24(12-14-25)21(26)16-17-5-4-6-19(15-17)30-2/h4-10,15,23H,3,11-14,16H2,1-2H3. The molecule has 0 atom stereocenters. The van der Waals surface area contributed by atoms with Gasteiger partial charge in [0.15, 0.2) is 0 Å². The molecule has 2 aromatic carbocycles. The van der Waals surface area contributed by atoms with E-state index in [-0.39, 0.29) is 23.1 Å². The van der Waals surface area contributed by atoms with Crippen LogP contribution >= 0.6 is 0 Å². The maximum Gasteiger partial charge on any atom is 0.253 e. The molecule has 0 bridgehead atoms. The molecule has 31 heavy (non-hydrogen) atoms. The molecule has 1 N–H and O–H groups in total. The van der Waals surface area contributed by atoms with Crippen LogP contribution < -0.4 is 9.46 Å². The van der Waals surface area contributed by atoms with Gasteiger partial charge in [-0.25, -0.2) is 13.1 Å². The van der Waals surface area contributed by atoms with Crippen molar-refractivity contribution in [1.82, 2.24) is 14.5 Å². The van der Waals surface area contributed by atoms with Gasteiger partial charge >= 0.3 is 0 Å². The monoisotopic (exact) mass is 445 g/mol. The molecule has 0 radical (unpaired) electrons. The normalized spacial score (nSPS) is 14.4. The lowest BCUT2D eigenvalue weighted by atomic mass is 10.1. The van der Waals surface area contributed by atoms with E-state index in [9.17, 15) is 18.0 Å². The second-order valence-corrected chi connectivity index (χ2v) is 8.99. The van der Waals surface area contributed by atoms with Crippen molar-refractivity contribution in [2.24, 2.45) is 0 Å². The summed E-state index contributed by atoms with van der Waals surface area (Å²) in [5.74, 6) is 0.552. The van der Waals surface area contributed by atoms with Gasteiger partial charge in [0.25, 0.3) is 5.91 Å². The number of carbonyl (C=O) groups excluding carboxylic acids is 2. The highest BCUT2D eigenvalue weighted by Gasteiger charge is 2.25. The number of sulfonamides is 1. The Morgan fingerprint density at radius 3 is 2.26 bits per heavy atom. The van der Waals surface area contributed by atoms with Crippen LogP contribution in [0.4, 0.5) is 0 Å². The molecule has 1 heterocycles. The first-order valence-electron chi connectivity index (χ1n) is 10.1. The van der Waals surface area contributed by atoms with Gasteiger partial charge < -0.3 is 14.5 Å². The second kappa shape index (κ2) is 9.93. The van der Waals surface area contributed by atoms with Gasteiger partial charge in [0.1, 0.15) is 5.75 Å². The highest BCUT2D eigenvalue weighted by Crippen LogP contribution is 2.16. The van der Waals surface area contributed by atoms with Gasteiger partial charge in [0.05, 0.1) is 18.4 Å². The van der Waals surface area contributed by atoms with Crippen LogP contribution in [0.2, 0.25) is 0 Å². The summed E-state index contributed by atoms with van der Waals surface area (Å²) in [5, 5.41) is 0. The van der Waals surface area contributed by atoms with Crippen LogP contribution in [0, 0.1) is 0 Å². The van der Waals surface area contributed by atoms with E-state index in [1.807, 2.05) is 24.3 Å². The molecule has 3 rings (SSSR count). The topological polar surface area (TPSA) is 96.0 Å². The van der Waals surface area contributed by atoms with Crippen LogP contribution in [0.5, 0.6) is 5.75 Å². The minimum Gasteiger partial charge on any atom is -0.497 e. The molecule has 2 aromatic rings. The van der Waals surface area contributed by atoms with Gasteiger partial charge in [-0.1, -0.05) is 19.1 Å². The lowest BCUT2D eigenvalue weighted by Gasteiger charge is -2.35. The third-order valence-corrected chi connectivity index (χ3v) is 6.72. The molecule has 0 spiro atoms. The maximum atomic E-state index is 12.8. The maximum absolute atomic E-state index is 12.8. The lowest BCUT2D eigenvalue weighted by molar-refractivity contribution is -0.131. The van der Waals surface area contributed by atoms with Crippen molar-refractivity contribution < 1.29 is 22.7 Å². The highest BCUT2D eigenvalue weighted by atomic mass is 32.2. The van der Waals surface area contributed by atoms with E-state index >= 15 is 0 Å². The summed E-state index contributed by atoms with van der Waals surface area (Å²) in [4.78, 5) is 29.0. The highest BCUT2D eigenvalue weighted by molar-refractivity contribution is 7.89. The predicted molar refractivity (Wildman–Crippen MR) is 116 cm³/mol. The van der Waals surface area contributed by atoms with E-state index in [4.69, 9.17) is 4.74 Å². The summed E-state index contributed by atoms with van der Waals surface area (Å²) < 4.78 is 31.7. The molecule has 1 aliphatic rings. The summed E-state index contributed by atoms with van der Waals surface area (Å²) in [5.41, 5.74) is 1.31. The Hall–Kier alpha value is -2.91. The summed E-state index contributed by atoms with van der Waals surface area (Å²) >= 11 is 0. The van der Waals surface area contributed by atoms with E-state index in [2.05, 4.69) is 4.72 Å². The Bertz CT molecular complexity index is 1030. The zero-order chi connectivity index (χ0) is 22.4.